The fraction of sp³-hybridized carbons (Fsp3) is 0.125. The summed E-state index contributed by atoms with van der Waals surface area (Å²) < 4.78 is 15.5. The van der Waals surface area contributed by atoms with Crippen molar-refractivity contribution in [3.8, 4) is 5.75 Å². The Balaban J connectivity index is 1.90. The number of hydrogen-bond donors (Lipinski definition) is 0. The maximum Gasteiger partial charge on any atom is 0.339 e. The largest absolute Gasteiger partial charge is 0.497 e. The number of carbonyl (C=O) groups excluding carboxylic acids is 1. The molecule has 0 unspecified atom stereocenters. The van der Waals surface area contributed by atoms with Crippen LogP contribution in [0.15, 0.2) is 50.3 Å². The molecule has 3 rings (SSSR count). The van der Waals surface area contributed by atoms with Crippen molar-refractivity contribution >= 4 is 28.3 Å². The molecule has 0 radical (unpaired) electrons. The minimum absolute atomic E-state index is 0.00308. The van der Waals surface area contributed by atoms with E-state index in [-0.39, 0.29) is 6.61 Å². The van der Waals surface area contributed by atoms with Gasteiger partial charge in [-0.2, -0.15) is 11.3 Å². The number of carbonyl (C=O) groups is 1. The summed E-state index contributed by atoms with van der Waals surface area (Å²) in [6, 6.07) is 8.17. The van der Waals surface area contributed by atoms with Gasteiger partial charge in [-0.15, -0.1) is 0 Å². The van der Waals surface area contributed by atoms with Crippen LogP contribution in [0, 0.1) is 0 Å². The fourth-order valence-electron chi connectivity index (χ4n) is 2.06. The Hall–Kier alpha value is -2.60. The van der Waals surface area contributed by atoms with Crippen LogP contribution in [-0.4, -0.2) is 13.1 Å². The predicted molar refractivity (Wildman–Crippen MR) is 82.5 cm³/mol. The summed E-state index contributed by atoms with van der Waals surface area (Å²) in [7, 11) is 1.53. The highest BCUT2D eigenvalue weighted by molar-refractivity contribution is 7.08. The molecule has 0 atom stereocenters. The second-order valence-electron chi connectivity index (χ2n) is 4.54. The van der Waals surface area contributed by atoms with Gasteiger partial charge < -0.3 is 13.9 Å². The first kappa shape index (κ1) is 14.3. The van der Waals surface area contributed by atoms with Crippen molar-refractivity contribution in [1.82, 2.24) is 0 Å². The van der Waals surface area contributed by atoms with Gasteiger partial charge in [0, 0.05) is 28.5 Å². The molecule has 0 aliphatic heterocycles. The normalized spacial score (nSPS) is 10.6. The highest BCUT2D eigenvalue weighted by Crippen LogP contribution is 2.23. The van der Waals surface area contributed by atoms with E-state index in [1.54, 1.807) is 35.0 Å². The van der Waals surface area contributed by atoms with Gasteiger partial charge in [0.05, 0.1) is 12.7 Å². The van der Waals surface area contributed by atoms with Crippen LogP contribution in [0.2, 0.25) is 0 Å². The first-order valence-electron chi connectivity index (χ1n) is 6.47. The zero-order valence-electron chi connectivity index (χ0n) is 11.7. The molecule has 0 N–H and O–H groups in total. The Kier molecular flexibility index (Phi) is 3.93. The van der Waals surface area contributed by atoms with Crippen LogP contribution in [0.1, 0.15) is 15.9 Å². The van der Waals surface area contributed by atoms with Gasteiger partial charge in [0.15, 0.2) is 0 Å². The van der Waals surface area contributed by atoms with Crippen LogP contribution in [0.4, 0.5) is 0 Å². The number of rotatable bonds is 4. The minimum atomic E-state index is -0.498. The van der Waals surface area contributed by atoms with E-state index in [2.05, 4.69) is 0 Å². The highest BCUT2D eigenvalue weighted by Gasteiger charge is 2.11. The Morgan fingerprint density at radius 2 is 2.14 bits per heavy atom. The maximum atomic E-state index is 11.9. The summed E-state index contributed by atoms with van der Waals surface area (Å²) in [5, 5.41) is 4.22. The molecular weight excluding hydrogens is 304 g/mol. The van der Waals surface area contributed by atoms with E-state index >= 15 is 0 Å². The van der Waals surface area contributed by atoms with Crippen LogP contribution < -0.4 is 10.4 Å². The van der Waals surface area contributed by atoms with Crippen LogP contribution in [0.25, 0.3) is 11.0 Å². The van der Waals surface area contributed by atoms with Crippen molar-refractivity contribution < 1.29 is 18.7 Å². The standard InChI is InChI=1S/C16H12O5S/c1-19-12-2-3-13-11(6-15(17)21-14(13)7-12)8-20-16(18)10-4-5-22-9-10/h2-7,9H,8H2,1H3. The summed E-state index contributed by atoms with van der Waals surface area (Å²) in [4.78, 5) is 23.5. The number of benzene rings is 1. The number of methoxy groups -OCH3 is 1. The number of fused-ring (bicyclic) bond motifs is 1. The summed E-state index contributed by atoms with van der Waals surface area (Å²) >= 11 is 1.42. The van der Waals surface area contributed by atoms with Crippen molar-refractivity contribution in [3.05, 3.63) is 62.6 Å². The summed E-state index contributed by atoms with van der Waals surface area (Å²) in [6.45, 7) is 0.00308. The van der Waals surface area contributed by atoms with Gasteiger partial charge in [0.1, 0.15) is 17.9 Å². The Morgan fingerprint density at radius 3 is 2.86 bits per heavy atom. The molecule has 0 spiro atoms. The van der Waals surface area contributed by atoms with E-state index in [1.165, 1.54) is 24.5 Å². The molecule has 2 aromatic heterocycles. The quantitative estimate of drug-likeness (QED) is 0.546. The van der Waals surface area contributed by atoms with Gasteiger partial charge in [-0.3, -0.25) is 0 Å². The monoisotopic (exact) mass is 316 g/mol. The van der Waals surface area contributed by atoms with Crippen molar-refractivity contribution in [2.75, 3.05) is 7.11 Å². The van der Waals surface area contributed by atoms with E-state index < -0.39 is 11.6 Å². The van der Waals surface area contributed by atoms with Crippen molar-refractivity contribution in [3.63, 3.8) is 0 Å². The Bertz CT molecular complexity index is 864. The fourth-order valence-corrected chi connectivity index (χ4v) is 2.69. The lowest BCUT2D eigenvalue weighted by Gasteiger charge is -2.07. The second-order valence-corrected chi connectivity index (χ2v) is 5.32. The number of hydrogen-bond acceptors (Lipinski definition) is 6. The number of ether oxygens (including phenoxy) is 2. The second kappa shape index (κ2) is 6.03. The molecule has 0 amide bonds. The molecule has 2 heterocycles. The Morgan fingerprint density at radius 1 is 1.27 bits per heavy atom. The van der Waals surface area contributed by atoms with E-state index in [1.807, 2.05) is 0 Å². The number of esters is 1. The van der Waals surface area contributed by atoms with Crippen molar-refractivity contribution in [2.45, 2.75) is 6.61 Å². The third-order valence-corrected chi connectivity index (χ3v) is 3.84. The van der Waals surface area contributed by atoms with Gasteiger partial charge in [0.2, 0.25) is 0 Å². The first-order valence-corrected chi connectivity index (χ1v) is 7.42. The van der Waals surface area contributed by atoms with Gasteiger partial charge in [-0.25, -0.2) is 9.59 Å². The molecule has 22 heavy (non-hydrogen) atoms. The lowest BCUT2D eigenvalue weighted by molar-refractivity contribution is 0.0474. The van der Waals surface area contributed by atoms with E-state index in [9.17, 15) is 9.59 Å². The molecular formula is C16H12O5S. The van der Waals surface area contributed by atoms with Crippen LogP contribution in [-0.2, 0) is 11.3 Å². The third kappa shape index (κ3) is 2.87. The molecule has 0 fully saturated rings. The molecule has 1 aromatic carbocycles. The molecule has 0 saturated carbocycles. The van der Waals surface area contributed by atoms with Gasteiger partial charge in [-0.1, -0.05) is 0 Å². The zero-order valence-corrected chi connectivity index (χ0v) is 12.5. The van der Waals surface area contributed by atoms with Gasteiger partial charge in [0.25, 0.3) is 0 Å². The van der Waals surface area contributed by atoms with E-state index in [0.29, 0.717) is 27.8 Å². The number of thiophene rings is 1. The highest BCUT2D eigenvalue weighted by atomic mass is 32.1. The van der Waals surface area contributed by atoms with E-state index in [0.717, 1.165) is 0 Å². The first-order chi connectivity index (χ1) is 10.7. The van der Waals surface area contributed by atoms with Crippen LogP contribution in [0.5, 0.6) is 5.75 Å². The molecule has 3 aromatic rings. The SMILES string of the molecule is COc1ccc2c(COC(=O)c3ccsc3)cc(=O)oc2c1. The summed E-state index contributed by atoms with van der Waals surface area (Å²) in [5.41, 5.74) is 0.993. The van der Waals surface area contributed by atoms with Crippen molar-refractivity contribution in [1.29, 1.82) is 0 Å². The van der Waals surface area contributed by atoms with Crippen molar-refractivity contribution in [2.24, 2.45) is 0 Å². The molecule has 5 nitrogen and oxygen atoms in total. The molecule has 6 heteroatoms. The molecule has 112 valence electrons. The average molecular weight is 316 g/mol. The molecule has 0 saturated heterocycles. The predicted octanol–water partition coefficient (Wildman–Crippen LogP) is 3.22. The topological polar surface area (TPSA) is 65.7 Å². The zero-order chi connectivity index (χ0) is 15.5. The molecule has 0 aliphatic carbocycles. The lowest BCUT2D eigenvalue weighted by Crippen LogP contribution is -2.07. The minimum Gasteiger partial charge on any atom is -0.497 e. The molecule has 0 bridgehead atoms. The van der Waals surface area contributed by atoms with Crippen LogP contribution in [0.3, 0.4) is 0 Å². The molecule has 0 aliphatic rings. The van der Waals surface area contributed by atoms with Crippen LogP contribution >= 0.6 is 11.3 Å². The van der Waals surface area contributed by atoms with E-state index in [4.69, 9.17) is 13.9 Å². The Labute approximate surface area is 129 Å². The average Bonchev–Trinajstić information content (AvgIpc) is 3.05. The van der Waals surface area contributed by atoms with Gasteiger partial charge >= 0.3 is 11.6 Å². The maximum absolute atomic E-state index is 11.9. The third-order valence-electron chi connectivity index (χ3n) is 3.15. The van der Waals surface area contributed by atoms with Gasteiger partial charge in [-0.05, 0) is 23.6 Å². The lowest BCUT2D eigenvalue weighted by atomic mass is 10.1. The smallest absolute Gasteiger partial charge is 0.339 e. The summed E-state index contributed by atoms with van der Waals surface area (Å²) in [5.74, 6) is 0.166. The summed E-state index contributed by atoms with van der Waals surface area (Å²) in [6.07, 6.45) is 0.